The van der Waals surface area contributed by atoms with Crippen LogP contribution in [0.15, 0.2) is 47.2 Å². The molecule has 1 heterocycles. The van der Waals surface area contributed by atoms with Crippen molar-refractivity contribution in [3.05, 3.63) is 42.8 Å². The summed E-state index contributed by atoms with van der Waals surface area (Å²) in [5.74, 6) is 0.300. The van der Waals surface area contributed by atoms with Gasteiger partial charge in [-0.1, -0.05) is 6.08 Å². The Labute approximate surface area is 98.2 Å². The predicted octanol–water partition coefficient (Wildman–Crippen LogP) is 2.25. The van der Waals surface area contributed by atoms with E-state index in [0.29, 0.717) is 5.89 Å². The molecule has 1 aromatic heterocycles. The molecule has 0 saturated heterocycles. The van der Waals surface area contributed by atoms with E-state index in [2.05, 4.69) is 15.5 Å². The third-order valence-electron chi connectivity index (χ3n) is 2.08. The van der Waals surface area contributed by atoms with Crippen LogP contribution in [0.4, 0.5) is 5.69 Å². The average Bonchev–Trinajstić information content (AvgIpc) is 2.84. The van der Waals surface area contributed by atoms with Crippen LogP contribution in [0.3, 0.4) is 0 Å². The lowest BCUT2D eigenvalue weighted by atomic mass is 10.2. The van der Waals surface area contributed by atoms with Crippen LogP contribution in [-0.4, -0.2) is 16.1 Å². The molecule has 0 radical (unpaired) electrons. The van der Waals surface area contributed by atoms with E-state index in [1.807, 2.05) is 0 Å². The highest BCUT2D eigenvalue weighted by Crippen LogP contribution is 2.18. The lowest BCUT2D eigenvalue weighted by Gasteiger charge is -2.02. The van der Waals surface area contributed by atoms with Crippen LogP contribution in [-0.2, 0) is 4.79 Å². The monoisotopic (exact) mass is 229 g/mol. The molecule has 0 aliphatic heterocycles. The quantitative estimate of drug-likeness (QED) is 0.819. The fourth-order valence-corrected chi connectivity index (χ4v) is 1.33. The van der Waals surface area contributed by atoms with Gasteiger partial charge in [-0.2, -0.15) is 0 Å². The minimum atomic E-state index is -0.155. The molecule has 2 aromatic rings. The van der Waals surface area contributed by atoms with Crippen LogP contribution in [0.1, 0.15) is 6.92 Å². The molecule has 0 bridgehead atoms. The molecule has 17 heavy (non-hydrogen) atoms. The molecule has 0 saturated carbocycles. The molecule has 1 amide bonds. The van der Waals surface area contributed by atoms with Crippen molar-refractivity contribution in [3.8, 4) is 11.5 Å². The van der Waals surface area contributed by atoms with Crippen LogP contribution in [0, 0.1) is 0 Å². The number of nitrogens with zero attached hydrogens (tertiary/aromatic N) is 2. The Balaban J connectivity index is 2.11. The Kier molecular flexibility index (Phi) is 3.30. The van der Waals surface area contributed by atoms with E-state index < -0.39 is 0 Å². The second-order valence-corrected chi connectivity index (χ2v) is 3.31. The van der Waals surface area contributed by atoms with Gasteiger partial charge in [0.1, 0.15) is 0 Å². The van der Waals surface area contributed by atoms with Gasteiger partial charge in [-0.3, -0.25) is 4.79 Å². The third-order valence-corrected chi connectivity index (χ3v) is 2.08. The van der Waals surface area contributed by atoms with Crippen molar-refractivity contribution in [2.24, 2.45) is 0 Å². The van der Waals surface area contributed by atoms with E-state index in [-0.39, 0.29) is 5.91 Å². The van der Waals surface area contributed by atoms with E-state index in [4.69, 9.17) is 4.42 Å². The Hall–Kier alpha value is -2.43. The maximum absolute atomic E-state index is 11.3. The number of hydrogen-bond acceptors (Lipinski definition) is 4. The van der Waals surface area contributed by atoms with Crippen molar-refractivity contribution in [1.82, 2.24) is 10.2 Å². The van der Waals surface area contributed by atoms with E-state index in [1.54, 1.807) is 37.3 Å². The summed E-state index contributed by atoms with van der Waals surface area (Å²) in [7, 11) is 0. The number of allylic oxidation sites excluding steroid dienone is 1. The van der Waals surface area contributed by atoms with Gasteiger partial charge >= 0.3 is 0 Å². The number of rotatable bonds is 3. The summed E-state index contributed by atoms with van der Waals surface area (Å²) in [6.45, 7) is 1.79. The summed E-state index contributed by atoms with van der Waals surface area (Å²) in [6, 6.07) is 7.17. The molecule has 0 spiro atoms. The van der Waals surface area contributed by atoms with Gasteiger partial charge in [0.25, 0.3) is 0 Å². The lowest BCUT2D eigenvalue weighted by molar-refractivity contribution is -0.111. The Morgan fingerprint density at radius 2 is 2.12 bits per heavy atom. The number of carbonyl (C=O) groups is 1. The summed E-state index contributed by atoms with van der Waals surface area (Å²) >= 11 is 0. The minimum absolute atomic E-state index is 0.155. The molecule has 0 atom stereocenters. The zero-order chi connectivity index (χ0) is 12.1. The lowest BCUT2D eigenvalue weighted by Crippen LogP contribution is -2.07. The van der Waals surface area contributed by atoms with Crippen LogP contribution >= 0.6 is 0 Å². The van der Waals surface area contributed by atoms with Crippen molar-refractivity contribution in [2.75, 3.05) is 5.32 Å². The summed E-state index contributed by atoms with van der Waals surface area (Å²) in [5, 5.41) is 10.1. The highest BCUT2D eigenvalue weighted by Gasteiger charge is 2.03. The average molecular weight is 229 g/mol. The third kappa shape index (κ3) is 2.78. The van der Waals surface area contributed by atoms with Gasteiger partial charge in [0.05, 0.1) is 0 Å². The number of benzene rings is 1. The number of hydrogen-bond donors (Lipinski definition) is 1. The van der Waals surface area contributed by atoms with E-state index in [1.165, 1.54) is 12.5 Å². The molecule has 1 aromatic carbocycles. The van der Waals surface area contributed by atoms with Crippen LogP contribution in [0.2, 0.25) is 0 Å². The summed E-state index contributed by atoms with van der Waals surface area (Å²) in [4.78, 5) is 11.3. The molecule has 0 aliphatic rings. The molecule has 5 heteroatoms. The van der Waals surface area contributed by atoms with Gasteiger partial charge in [0.15, 0.2) is 0 Å². The van der Waals surface area contributed by atoms with E-state index in [0.717, 1.165) is 11.3 Å². The van der Waals surface area contributed by atoms with Crippen LogP contribution in [0.25, 0.3) is 11.5 Å². The standard InChI is InChI=1S/C12H11N3O2/c1-2-3-11(16)14-10-6-4-9(5-7-10)12-15-13-8-17-12/h2-8H,1H3,(H,14,16). The summed E-state index contributed by atoms with van der Waals surface area (Å²) < 4.78 is 5.06. The van der Waals surface area contributed by atoms with Crippen LogP contribution < -0.4 is 5.32 Å². The Morgan fingerprint density at radius 1 is 1.35 bits per heavy atom. The Bertz CT molecular complexity index is 515. The van der Waals surface area contributed by atoms with Crippen molar-refractivity contribution >= 4 is 11.6 Å². The highest BCUT2D eigenvalue weighted by molar-refractivity contribution is 5.99. The fraction of sp³-hybridized carbons (Fsp3) is 0.0833. The number of anilines is 1. The SMILES string of the molecule is CC=CC(=O)Nc1ccc(-c2nnco2)cc1. The van der Waals surface area contributed by atoms with Gasteiger partial charge < -0.3 is 9.73 Å². The molecule has 5 nitrogen and oxygen atoms in total. The minimum Gasteiger partial charge on any atom is -0.423 e. The molecule has 0 fully saturated rings. The summed E-state index contributed by atoms with van der Waals surface area (Å²) in [6.07, 6.45) is 4.42. The normalized spacial score (nSPS) is 10.6. The van der Waals surface area contributed by atoms with E-state index in [9.17, 15) is 4.79 Å². The first-order chi connectivity index (χ1) is 8.29. The summed E-state index contributed by atoms with van der Waals surface area (Å²) in [5.41, 5.74) is 1.53. The largest absolute Gasteiger partial charge is 0.423 e. The molecule has 1 N–H and O–H groups in total. The first-order valence-corrected chi connectivity index (χ1v) is 5.10. The maximum atomic E-state index is 11.3. The zero-order valence-corrected chi connectivity index (χ0v) is 9.25. The maximum Gasteiger partial charge on any atom is 0.248 e. The van der Waals surface area contributed by atoms with Crippen molar-refractivity contribution in [3.63, 3.8) is 0 Å². The highest BCUT2D eigenvalue weighted by atomic mass is 16.4. The second-order valence-electron chi connectivity index (χ2n) is 3.31. The number of aromatic nitrogens is 2. The topological polar surface area (TPSA) is 68.0 Å². The fourth-order valence-electron chi connectivity index (χ4n) is 1.33. The molecule has 2 rings (SSSR count). The number of nitrogens with one attached hydrogen (secondary N) is 1. The van der Waals surface area contributed by atoms with Crippen molar-refractivity contribution in [2.45, 2.75) is 6.92 Å². The zero-order valence-electron chi connectivity index (χ0n) is 9.25. The van der Waals surface area contributed by atoms with Crippen molar-refractivity contribution < 1.29 is 9.21 Å². The second kappa shape index (κ2) is 5.07. The first kappa shape index (κ1) is 11.1. The predicted molar refractivity (Wildman–Crippen MR) is 63.2 cm³/mol. The molecular formula is C12H11N3O2. The van der Waals surface area contributed by atoms with Crippen molar-refractivity contribution in [1.29, 1.82) is 0 Å². The van der Waals surface area contributed by atoms with Gasteiger partial charge in [-0.25, -0.2) is 0 Å². The molecular weight excluding hydrogens is 218 g/mol. The smallest absolute Gasteiger partial charge is 0.248 e. The van der Waals surface area contributed by atoms with Gasteiger partial charge in [-0.15, -0.1) is 10.2 Å². The molecule has 86 valence electrons. The van der Waals surface area contributed by atoms with Gasteiger partial charge in [0, 0.05) is 11.3 Å². The molecule has 0 aliphatic carbocycles. The van der Waals surface area contributed by atoms with Crippen LogP contribution in [0.5, 0.6) is 0 Å². The van der Waals surface area contributed by atoms with Gasteiger partial charge in [0.2, 0.25) is 18.2 Å². The van der Waals surface area contributed by atoms with Gasteiger partial charge in [-0.05, 0) is 37.3 Å². The number of carbonyl (C=O) groups excluding carboxylic acids is 1. The first-order valence-electron chi connectivity index (χ1n) is 5.10. The number of amides is 1. The molecule has 0 unspecified atom stereocenters. The van der Waals surface area contributed by atoms with E-state index >= 15 is 0 Å². The Morgan fingerprint density at radius 3 is 2.71 bits per heavy atom.